The van der Waals surface area contributed by atoms with Gasteiger partial charge in [-0.2, -0.15) is 0 Å². The number of hydrogen-bond donors (Lipinski definition) is 2. The first-order valence-corrected chi connectivity index (χ1v) is 10.9. The summed E-state index contributed by atoms with van der Waals surface area (Å²) in [5.74, 6) is -0.846. The Balaban J connectivity index is 1.99. The van der Waals surface area contributed by atoms with Gasteiger partial charge < -0.3 is 10.4 Å². The number of amides is 1. The maximum atomic E-state index is 12.8. The lowest BCUT2D eigenvalue weighted by atomic mass is 10.1. The summed E-state index contributed by atoms with van der Waals surface area (Å²) in [6.45, 7) is 2.04. The van der Waals surface area contributed by atoms with E-state index >= 15 is 0 Å². The van der Waals surface area contributed by atoms with Crippen LogP contribution in [0.25, 0.3) is 0 Å². The molecule has 3 rings (SSSR count). The summed E-state index contributed by atoms with van der Waals surface area (Å²) in [6, 6.07) is 16.4. The summed E-state index contributed by atoms with van der Waals surface area (Å²) in [5.41, 5.74) is 0.851. The highest BCUT2D eigenvalue weighted by Crippen LogP contribution is 2.23. The first-order chi connectivity index (χ1) is 15.3. The van der Waals surface area contributed by atoms with Crippen LogP contribution in [0.5, 0.6) is 5.88 Å². The van der Waals surface area contributed by atoms with Crippen LogP contribution in [-0.2, 0) is 25.3 Å². The smallest absolute Gasteiger partial charge is 0.333 e. The Morgan fingerprint density at radius 3 is 2.31 bits per heavy atom. The second-order valence-corrected chi connectivity index (χ2v) is 8.01. The number of para-hydroxylation sites is 1. The summed E-state index contributed by atoms with van der Waals surface area (Å²) >= 11 is 1.01. The van der Waals surface area contributed by atoms with E-state index in [-0.39, 0.29) is 22.3 Å². The maximum Gasteiger partial charge on any atom is 0.333 e. The first kappa shape index (κ1) is 23.1. The SMILES string of the molecule is CCc1ccc(N=C(SCC(=O)Nc2ccccc2)c2c(O)n(C)c(=O)n(C)c2=O)cc1. The third-order valence-corrected chi connectivity index (χ3v) is 5.80. The number of aromatic hydroxyl groups is 1. The van der Waals surface area contributed by atoms with E-state index in [1.54, 1.807) is 24.3 Å². The molecule has 1 heterocycles. The van der Waals surface area contributed by atoms with Crippen molar-refractivity contribution in [2.24, 2.45) is 19.1 Å². The molecule has 0 spiro atoms. The van der Waals surface area contributed by atoms with Crippen molar-refractivity contribution in [1.29, 1.82) is 0 Å². The molecule has 166 valence electrons. The summed E-state index contributed by atoms with van der Waals surface area (Å²) in [5, 5.41) is 13.5. The minimum Gasteiger partial charge on any atom is -0.494 e. The molecule has 1 amide bonds. The van der Waals surface area contributed by atoms with Crippen molar-refractivity contribution >= 4 is 34.1 Å². The van der Waals surface area contributed by atoms with E-state index in [9.17, 15) is 19.5 Å². The Morgan fingerprint density at radius 2 is 1.69 bits per heavy atom. The zero-order valence-corrected chi connectivity index (χ0v) is 18.8. The van der Waals surface area contributed by atoms with Gasteiger partial charge in [0.15, 0.2) is 0 Å². The number of aliphatic imine (C=N–C) groups is 1. The van der Waals surface area contributed by atoms with Gasteiger partial charge in [-0.1, -0.05) is 49.0 Å². The molecule has 0 aliphatic rings. The highest BCUT2D eigenvalue weighted by molar-refractivity contribution is 8.15. The lowest BCUT2D eigenvalue weighted by molar-refractivity contribution is -0.113. The van der Waals surface area contributed by atoms with E-state index in [1.807, 2.05) is 37.3 Å². The van der Waals surface area contributed by atoms with Crippen LogP contribution in [0.4, 0.5) is 11.4 Å². The zero-order chi connectivity index (χ0) is 23.3. The van der Waals surface area contributed by atoms with Crippen LogP contribution in [0.1, 0.15) is 18.1 Å². The number of rotatable bonds is 6. The second-order valence-electron chi connectivity index (χ2n) is 7.04. The van der Waals surface area contributed by atoms with Crippen LogP contribution >= 0.6 is 11.8 Å². The van der Waals surface area contributed by atoms with Gasteiger partial charge >= 0.3 is 5.69 Å². The van der Waals surface area contributed by atoms with E-state index in [0.29, 0.717) is 11.4 Å². The van der Waals surface area contributed by atoms with Gasteiger partial charge in [0.05, 0.1) is 11.4 Å². The van der Waals surface area contributed by atoms with Gasteiger partial charge in [0.1, 0.15) is 10.6 Å². The number of nitrogens with zero attached hydrogens (tertiary/aromatic N) is 3. The third-order valence-electron chi connectivity index (χ3n) is 4.82. The molecule has 0 bridgehead atoms. The molecular weight excluding hydrogens is 428 g/mol. The highest BCUT2D eigenvalue weighted by atomic mass is 32.2. The summed E-state index contributed by atoms with van der Waals surface area (Å²) in [6.07, 6.45) is 0.868. The van der Waals surface area contributed by atoms with E-state index in [0.717, 1.165) is 32.9 Å². The molecule has 0 aliphatic heterocycles. The quantitative estimate of drug-likeness (QED) is 0.442. The highest BCUT2D eigenvalue weighted by Gasteiger charge is 2.21. The van der Waals surface area contributed by atoms with Crippen molar-refractivity contribution in [2.75, 3.05) is 11.1 Å². The Morgan fingerprint density at radius 1 is 1.03 bits per heavy atom. The van der Waals surface area contributed by atoms with E-state index < -0.39 is 17.1 Å². The topological polar surface area (TPSA) is 106 Å². The molecule has 2 aromatic carbocycles. The summed E-state index contributed by atoms with van der Waals surface area (Å²) in [7, 11) is 2.69. The lowest BCUT2D eigenvalue weighted by Crippen LogP contribution is -2.39. The van der Waals surface area contributed by atoms with E-state index in [2.05, 4.69) is 10.3 Å². The van der Waals surface area contributed by atoms with E-state index in [4.69, 9.17) is 0 Å². The standard InChI is InChI=1S/C23H24N4O4S/c1-4-15-10-12-17(13-11-15)25-20(19-21(29)26(2)23(31)27(3)22(19)30)32-14-18(28)24-16-8-6-5-7-9-16/h5-13,29H,4,14H2,1-3H3,(H,24,28). The molecule has 0 atom stereocenters. The van der Waals surface area contributed by atoms with Crippen LogP contribution in [0.3, 0.4) is 0 Å². The number of thioether (sulfide) groups is 1. The van der Waals surface area contributed by atoms with Gasteiger partial charge in [-0.25, -0.2) is 9.79 Å². The van der Waals surface area contributed by atoms with Gasteiger partial charge in [0, 0.05) is 19.8 Å². The molecule has 32 heavy (non-hydrogen) atoms. The normalized spacial score (nSPS) is 11.4. The number of anilines is 1. The number of aromatic nitrogens is 2. The molecule has 1 aromatic heterocycles. The number of benzene rings is 2. The first-order valence-electron chi connectivity index (χ1n) is 9.96. The summed E-state index contributed by atoms with van der Waals surface area (Å²) in [4.78, 5) is 41.9. The van der Waals surface area contributed by atoms with Crippen molar-refractivity contribution < 1.29 is 9.90 Å². The molecule has 0 saturated carbocycles. The molecule has 8 nitrogen and oxygen atoms in total. The zero-order valence-electron chi connectivity index (χ0n) is 18.0. The minimum absolute atomic E-state index is 0.0494. The van der Waals surface area contributed by atoms with Crippen LogP contribution in [0.2, 0.25) is 0 Å². The van der Waals surface area contributed by atoms with Gasteiger partial charge in [0.2, 0.25) is 11.8 Å². The Labute approximate surface area is 189 Å². The molecule has 2 N–H and O–H groups in total. The van der Waals surface area contributed by atoms with Gasteiger partial charge in [0.25, 0.3) is 5.56 Å². The number of aryl methyl sites for hydroxylation is 1. The molecule has 0 unspecified atom stereocenters. The van der Waals surface area contributed by atoms with Crippen molar-refractivity contribution in [2.45, 2.75) is 13.3 Å². The minimum atomic E-state index is -0.689. The average Bonchev–Trinajstić information content (AvgIpc) is 2.81. The molecule has 9 heteroatoms. The Kier molecular flexibility index (Phi) is 7.32. The molecule has 0 aliphatic carbocycles. The van der Waals surface area contributed by atoms with Gasteiger partial charge in [-0.05, 0) is 36.2 Å². The lowest BCUT2D eigenvalue weighted by Gasteiger charge is -2.12. The second kappa shape index (κ2) is 10.1. The number of carbonyl (C=O) groups excluding carboxylic acids is 1. The number of nitrogens with one attached hydrogen (secondary N) is 1. The van der Waals surface area contributed by atoms with Crippen molar-refractivity contribution in [3.8, 4) is 5.88 Å². The fourth-order valence-corrected chi connectivity index (χ4v) is 3.79. The Hall–Kier alpha value is -3.59. The molecule has 0 radical (unpaired) electrons. The average molecular weight is 453 g/mol. The predicted octanol–water partition coefficient (Wildman–Crippen LogP) is 2.80. The summed E-state index contributed by atoms with van der Waals surface area (Å²) < 4.78 is 1.87. The molecule has 0 saturated heterocycles. The predicted molar refractivity (Wildman–Crippen MR) is 128 cm³/mol. The van der Waals surface area contributed by atoms with Crippen molar-refractivity contribution in [3.63, 3.8) is 0 Å². The maximum absolute atomic E-state index is 12.8. The monoisotopic (exact) mass is 452 g/mol. The molecule has 3 aromatic rings. The van der Waals surface area contributed by atoms with Crippen LogP contribution < -0.4 is 16.6 Å². The fraction of sp³-hybridized carbons (Fsp3) is 0.217. The van der Waals surface area contributed by atoms with Gasteiger partial charge in [-0.3, -0.25) is 18.7 Å². The van der Waals surface area contributed by atoms with Crippen LogP contribution in [0.15, 0.2) is 69.2 Å². The molecule has 0 fully saturated rings. The third kappa shape index (κ3) is 5.17. The number of hydrogen-bond acceptors (Lipinski definition) is 6. The van der Waals surface area contributed by atoms with Crippen molar-refractivity contribution in [3.05, 3.63) is 86.6 Å². The van der Waals surface area contributed by atoms with Crippen molar-refractivity contribution in [1.82, 2.24) is 9.13 Å². The largest absolute Gasteiger partial charge is 0.494 e. The molecular formula is C23H24N4O4S. The van der Waals surface area contributed by atoms with E-state index in [1.165, 1.54) is 14.1 Å². The van der Waals surface area contributed by atoms with Crippen LogP contribution in [0, 0.1) is 0 Å². The van der Waals surface area contributed by atoms with Crippen LogP contribution in [-0.4, -0.2) is 30.9 Å². The fourth-order valence-electron chi connectivity index (χ4n) is 2.96. The van der Waals surface area contributed by atoms with Gasteiger partial charge in [-0.15, -0.1) is 0 Å². The Bertz CT molecular complexity index is 1260. The number of carbonyl (C=O) groups is 1.